The van der Waals surface area contributed by atoms with Gasteiger partial charge in [-0.15, -0.1) is 0 Å². The molecule has 0 aliphatic rings. The summed E-state index contributed by atoms with van der Waals surface area (Å²) in [5.74, 6) is 0.171. The lowest BCUT2D eigenvalue weighted by atomic mass is 10.2. The third kappa shape index (κ3) is 3.76. The molecule has 0 saturated heterocycles. The lowest BCUT2D eigenvalue weighted by molar-refractivity contribution is -0.114. The van der Waals surface area contributed by atoms with Crippen molar-refractivity contribution in [3.05, 3.63) is 48.5 Å². The first-order valence-electron chi connectivity index (χ1n) is 6.46. The molecular weight excluding hydrogens is 304 g/mol. The van der Waals surface area contributed by atoms with Crippen molar-refractivity contribution < 1.29 is 17.9 Å². The second-order valence-electron chi connectivity index (χ2n) is 4.51. The monoisotopic (exact) mass is 320 g/mol. The van der Waals surface area contributed by atoms with E-state index in [0.29, 0.717) is 11.4 Å². The maximum atomic E-state index is 12.4. The first-order chi connectivity index (χ1) is 10.4. The van der Waals surface area contributed by atoms with E-state index >= 15 is 0 Å². The molecule has 2 N–H and O–H groups in total. The van der Waals surface area contributed by atoms with Crippen molar-refractivity contribution in [1.29, 1.82) is 0 Å². The quantitative estimate of drug-likeness (QED) is 0.886. The number of carbonyl (C=O) groups is 1. The zero-order valence-corrected chi connectivity index (χ0v) is 13.0. The average molecular weight is 320 g/mol. The minimum atomic E-state index is -3.75. The van der Waals surface area contributed by atoms with Crippen LogP contribution in [0.25, 0.3) is 0 Å². The summed E-state index contributed by atoms with van der Waals surface area (Å²) in [5.41, 5.74) is 0.589. The Hall–Kier alpha value is -2.54. The number of methoxy groups -OCH3 is 1. The van der Waals surface area contributed by atoms with Gasteiger partial charge in [0.1, 0.15) is 5.75 Å². The van der Waals surface area contributed by atoms with Crippen molar-refractivity contribution in [2.75, 3.05) is 17.1 Å². The Bertz CT molecular complexity index is 773. The van der Waals surface area contributed by atoms with Crippen molar-refractivity contribution in [2.45, 2.75) is 11.8 Å². The van der Waals surface area contributed by atoms with Crippen molar-refractivity contribution in [3.63, 3.8) is 0 Å². The number of hydrogen-bond donors (Lipinski definition) is 2. The minimum absolute atomic E-state index is 0.131. The summed E-state index contributed by atoms with van der Waals surface area (Å²) in [6.07, 6.45) is 0. The van der Waals surface area contributed by atoms with Crippen LogP contribution in [0.2, 0.25) is 0 Å². The van der Waals surface area contributed by atoms with E-state index < -0.39 is 10.0 Å². The molecule has 0 spiro atoms. The third-order valence-corrected chi connectivity index (χ3v) is 4.22. The summed E-state index contributed by atoms with van der Waals surface area (Å²) in [4.78, 5) is 11.4. The lowest BCUT2D eigenvalue weighted by Gasteiger charge is -2.14. The lowest BCUT2D eigenvalue weighted by Crippen LogP contribution is -2.15. The molecule has 116 valence electrons. The molecule has 22 heavy (non-hydrogen) atoms. The van der Waals surface area contributed by atoms with E-state index in [1.807, 2.05) is 0 Å². The topological polar surface area (TPSA) is 84.5 Å². The number of benzene rings is 2. The molecule has 0 saturated carbocycles. The average Bonchev–Trinajstić information content (AvgIpc) is 2.49. The molecule has 0 atom stereocenters. The summed E-state index contributed by atoms with van der Waals surface area (Å²) >= 11 is 0. The first kappa shape index (κ1) is 15.8. The Morgan fingerprint density at radius 1 is 1.05 bits per heavy atom. The number of nitrogens with one attached hydrogen (secondary N) is 2. The van der Waals surface area contributed by atoms with Crippen LogP contribution in [-0.2, 0) is 14.8 Å². The van der Waals surface area contributed by atoms with Crippen LogP contribution in [0.1, 0.15) is 6.92 Å². The largest absolute Gasteiger partial charge is 0.497 e. The highest BCUT2D eigenvalue weighted by atomic mass is 32.2. The molecule has 7 heteroatoms. The highest BCUT2D eigenvalue weighted by Crippen LogP contribution is 2.29. The number of ether oxygens (including phenoxy) is 1. The Morgan fingerprint density at radius 2 is 1.73 bits per heavy atom. The molecule has 0 radical (unpaired) electrons. The molecule has 6 nitrogen and oxygen atoms in total. The molecule has 0 aromatic heterocycles. The van der Waals surface area contributed by atoms with Gasteiger partial charge in [0.25, 0.3) is 10.0 Å². The predicted octanol–water partition coefficient (Wildman–Crippen LogP) is 2.45. The maximum Gasteiger partial charge on any atom is 0.261 e. The number of sulfonamides is 1. The van der Waals surface area contributed by atoms with Gasteiger partial charge >= 0.3 is 0 Å². The summed E-state index contributed by atoms with van der Waals surface area (Å²) in [5, 5.41) is 2.58. The number of anilines is 2. The molecular formula is C15H16N2O4S. The Morgan fingerprint density at radius 3 is 2.32 bits per heavy atom. The second-order valence-corrected chi connectivity index (χ2v) is 6.19. The van der Waals surface area contributed by atoms with Gasteiger partial charge < -0.3 is 10.1 Å². The minimum Gasteiger partial charge on any atom is -0.497 e. The predicted molar refractivity (Wildman–Crippen MR) is 84.5 cm³/mol. The fourth-order valence-electron chi connectivity index (χ4n) is 1.84. The normalized spacial score (nSPS) is 10.8. The Balaban J connectivity index is 2.40. The van der Waals surface area contributed by atoms with Crippen LogP contribution in [-0.4, -0.2) is 21.4 Å². The highest BCUT2D eigenvalue weighted by molar-refractivity contribution is 7.92. The van der Waals surface area contributed by atoms with Crippen LogP contribution in [0.3, 0.4) is 0 Å². The van der Waals surface area contributed by atoms with Crippen LogP contribution < -0.4 is 14.8 Å². The van der Waals surface area contributed by atoms with Crippen LogP contribution in [0.5, 0.6) is 5.75 Å². The van der Waals surface area contributed by atoms with Crippen molar-refractivity contribution in [2.24, 2.45) is 0 Å². The van der Waals surface area contributed by atoms with Gasteiger partial charge in [-0.2, -0.15) is 0 Å². The van der Waals surface area contributed by atoms with Gasteiger partial charge in [-0.3, -0.25) is 9.52 Å². The molecule has 1 amide bonds. The van der Waals surface area contributed by atoms with Crippen LogP contribution >= 0.6 is 0 Å². The van der Waals surface area contributed by atoms with Crippen LogP contribution in [0.15, 0.2) is 53.4 Å². The molecule has 2 aromatic rings. The maximum absolute atomic E-state index is 12.4. The van der Waals surface area contributed by atoms with Gasteiger partial charge in [0.05, 0.1) is 23.4 Å². The zero-order valence-electron chi connectivity index (χ0n) is 12.2. The number of hydrogen-bond acceptors (Lipinski definition) is 4. The fraction of sp³-hybridized carbons (Fsp3) is 0.133. The molecule has 0 bridgehead atoms. The highest BCUT2D eigenvalue weighted by Gasteiger charge is 2.16. The molecule has 2 rings (SSSR count). The van der Waals surface area contributed by atoms with Gasteiger partial charge in [0.15, 0.2) is 0 Å². The van der Waals surface area contributed by atoms with Gasteiger partial charge in [0.2, 0.25) is 5.91 Å². The van der Waals surface area contributed by atoms with E-state index in [2.05, 4.69) is 10.0 Å². The summed E-state index contributed by atoms with van der Waals surface area (Å²) in [6, 6.07) is 12.7. The SMILES string of the molecule is COc1ccc(NC(C)=O)c(NS(=O)(=O)c2ccccc2)c1. The number of carbonyl (C=O) groups excluding carboxylic acids is 1. The van der Waals surface area contributed by atoms with E-state index in [1.54, 1.807) is 30.3 Å². The Kier molecular flexibility index (Phi) is 4.67. The van der Waals surface area contributed by atoms with Gasteiger partial charge in [-0.25, -0.2) is 8.42 Å². The first-order valence-corrected chi connectivity index (χ1v) is 7.94. The third-order valence-electron chi connectivity index (χ3n) is 2.84. The fourth-order valence-corrected chi connectivity index (χ4v) is 2.93. The number of rotatable bonds is 5. The molecule has 0 fully saturated rings. The summed E-state index contributed by atoms with van der Waals surface area (Å²) < 4.78 is 32.3. The standard InChI is InChI=1S/C15H16N2O4S/c1-11(18)16-14-9-8-12(21-2)10-15(14)17-22(19,20)13-6-4-3-5-7-13/h3-10,17H,1-2H3,(H,16,18). The molecule has 0 aliphatic carbocycles. The van der Waals surface area contributed by atoms with E-state index in [9.17, 15) is 13.2 Å². The van der Waals surface area contributed by atoms with Gasteiger partial charge in [-0.1, -0.05) is 18.2 Å². The van der Waals surface area contributed by atoms with E-state index in [4.69, 9.17) is 4.74 Å². The van der Waals surface area contributed by atoms with Gasteiger partial charge in [0, 0.05) is 13.0 Å². The van der Waals surface area contributed by atoms with Crippen molar-refractivity contribution in [1.82, 2.24) is 0 Å². The zero-order chi connectivity index (χ0) is 16.2. The van der Waals surface area contributed by atoms with Gasteiger partial charge in [-0.05, 0) is 24.3 Å². The van der Waals surface area contributed by atoms with E-state index in [1.165, 1.54) is 32.2 Å². The van der Waals surface area contributed by atoms with Crippen molar-refractivity contribution in [3.8, 4) is 5.75 Å². The van der Waals surface area contributed by atoms with Crippen LogP contribution in [0.4, 0.5) is 11.4 Å². The molecule has 2 aromatic carbocycles. The molecule has 0 unspecified atom stereocenters. The summed E-state index contributed by atoms with van der Waals surface area (Å²) in [6.45, 7) is 1.35. The Labute approximate surface area is 129 Å². The van der Waals surface area contributed by atoms with E-state index in [-0.39, 0.29) is 16.5 Å². The second kappa shape index (κ2) is 6.48. The van der Waals surface area contributed by atoms with E-state index in [0.717, 1.165) is 0 Å². The summed E-state index contributed by atoms with van der Waals surface area (Å²) in [7, 11) is -2.28. The molecule has 0 aliphatic heterocycles. The van der Waals surface area contributed by atoms with Crippen molar-refractivity contribution >= 4 is 27.3 Å². The molecule has 0 heterocycles. The number of amides is 1. The van der Waals surface area contributed by atoms with Crippen LogP contribution in [0, 0.1) is 0 Å². The smallest absolute Gasteiger partial charge is 0.261 e.